The summed E-state index contributed by atoms with van der Waals surface area (Å²) < 4.78 is 0. The molecule has 0 aliphatic heterocycles. The van der Waals surface area contributed by atoms with Crippen molar-refractivity contribution in [3.8, 4) is 5.75 Å². The van der Waals surface area contributed by atoms with Crippen LogP contribution in [0.2, 0.25) is 0 Å². The Morgan fingerprint density at radius 1 is 1.00 bits per heavy atom. The number of carbonyl (C=O) groups is 1. The molecular weight excluding hydrogens is 384 g/mol. The minimum absolute atomic E-state index is 0.0940. The molecule has 4 rings (SSSR count). The first-order valence-corrected chi connectivity index (χ1v) is 9.83. The molecule has 0 unspecified atom stereocenters. The molecule has 0 saturated heterocycles. The summed E-state index contributed by atoms with van der Waals surface area (Å²) in [6, 6.07) is 21.7. The summed E-state index contributed by atoms with van der Waals surface area (Å²) >= 11 is 1.20. The van der Waals surface area contributed by atoms with E-state index in [9.17, 15) is 14.7 Å². The summed E-state index contributed by atoms with van der Waals surface area (Å²) in [5.74, 6) is -0.382. The Balaban J connectivity index is 1.68. The number of H-pyrrole nitrogens is 1. The standard InChI is InChI=1S/C23H18N2O3S/c1-14-7-5-6-10-18(14)24-22(27)15-11-12-17-19(13-15)25-23(28)21(20(17)26)29-16-8-3-2-4-9-16/h2-13H,1H3,(H,24,27)(H2,25,26,28). The van der Waals surface area contributed by atoms with Crippen molar-refractivity contribution in [2.75, 3.05) is 5.32 Å². The fourth-order valence-electron chi connectivity index (χ4n) is 3.01. The first-order chi connectivity index (χ1) is 14.0. The highest BCUT2D eigenvalue weighted by atomic mass is 32.2. The Labute approximate surface area is 171 Å². The summed E-state index contributed by atoms with van der Waals surface area (Å²) in [4.78, 5) is 29.0. The number of anilines is 1. The minimum Gasteiger partial charge on any atom is -0.506 e. The van der Waals surface area contributed by atoms with Crippen molar-refractivity contribution in [3.05, 3.63) is 94.3 Å². The van der Waals surface area contributed by atoms with Crippen molar-refractivity contribution in [1.82, 2.24) is 4.98 Å². The van der Waals surface area contributed by atoms with Crippen LogP contribution in [0.25, 0.3) is 10.9 Å². The fourth-order valence-corrected chi connectivity index (χ4v) is 3.89. The SMILES string of the molecule is Cc1ccccc1NC(=O)c1ccc2c(O)c(Sc3ccccc3)c(=O)[nH]c2c1. The molecule has 1 amide bonds. The third-order valence-electron chi connectivity index (χ3n) is 4.56. The number of amides is 1. The first kappa shape index (κ1) is 18.8. The van der Waals surface area contributed by atoms with Gasteiger partial charge in [0.15, 0.2) is 0 Å². The largest absolute Gasteiger partial charge is 0.506 e. The van der Waals surface area contributed by atoms with Crippen molar-refractivity contribution in [2.45, 2.75) is 16.7 Å². The van der Waals surface area contributed by atoms with Crippen LogP contribution in [0.15, 0.2) is 87.4 Å². The Bertz CT molecular complexity index is 1270. The van der Waals surface area contributed by atoms with E-state index in [1.54, 1.807) is 18.2 Å². The van der Waals surface area contributed by atoms with Gasteiger partial charge in [0.1, 0.15) is 10.6 Å². The van der Waals surface area contributed by atoms with Crippen molar-refractivity contribution < 1.29 is 9.90 Å². The maximum absolute atomic E-state index is 12.6. The molecule has 0 bridgehead atoms. The number of benzene rings is 3. The Hall–Kier alpha value is -3.51. The van der Waals surface area contributed by atoms with Crippen LogP contribution >= 0.6 is 11.8 Å². The van der Waals surface area contributed by atoms with Crippen LogP contribution in [0, 0.1) is 6.92 Å². The van der Waals surface area contributed by atoms with Crippen LogP contribution in [0.5, 0.6) is 5.75 Å². The number of carbonyl (C=O) groups excluding carboxylic acids is 1. The second kappa shape index (κ2) is 7.85. The number of aromatic amines is 1. The van der Waals surface area contributed by atoms with E-state index in [2.05, 4.69) is 10.3 Å². The average molecular weight is 402 g/mol. The molecule has 3 N–H and O–H groups in total. The van der Waals surface area contributed by atoms with Gasteiger partial charge in [-0.3, -0.25) is 9.59 Å². The zero-order valence-corrected chi connectivity index (χ0v) is 16.4. The highest BCUT2D eigenvalue weighted by Gasteiger charge is 2.15. The summed E-state index contributed by atoms with van der Waals surface area (Å²) in [6.45, 7) is 1.91. The summed E-state index contributed by atoms with van der Waals surface area (Å²) in [6.07, 6.45) is 0. The number of hydrogen-bond donors (Lipinski definition) is 3. The van der Waals surface area contributed by atoms with Gasteiger partial charge in [-0.1, -0.05) is 48.2 Å². The maximum Gasteiger partial charge on any atom is 0.266 e. The summed E-state index contributed by atoms with van der Waals surface area (Å²) in [5, 5.41) is 14.0. The van der Waals surface area contributed by atoms with Crippen LogP contribution in [0.1, 0.15) is 15.9 Å². The van der Waals surface area contributed by atoms with Crippen LogP contribution in [-0.2, 0) is 0 Å². The Morgan fingerprint density at radius 2 is 1.72 bits per heavy atom. The van der Waals surface area contributed by atoms with Gasteiger partial charge in [-0.25, -0.2) is 0 Å². The van der Waals surface area contributed by atoms with Crippen LogP contribution in [-0.4, -0.2) is 16.0 Å². The van der Waals surface area contributed by atoms with Gasteiger partial charge in [-0.2, -0.15) is 0 Å². The van der Waals surface area contributed by atoms with E-state index in [0.717, 1.165) is 16.1 Å². The molecule has 0 saturated carbocycles. The topological polar surface area (TPSA) is 82.2 Å². The van der Waals surface area contributed by atoms with Gasteiger partial charge < -0.3 is 15.4 Å². The molecule has 0 radical (unpaired) electrons. The molecular formula is C23H18N2O3S. The quantitative estimate of drug-likeness (QED) is 0.451. The zero-order chi connectivity index (χ0) is 20.4. The van der Waals surface area contributed by atoms with E-state index in [0.29, 0.717) is 16.5 Å². The molecule has 5 nitrogen and oxygen atoms in total. The number of aromatic nitrogens is 1. The van der Waals surface area contributed by atoms with Crippen LogP contribution in [0.4, 0.5) is 5.69 Å². The normalized spacial score (nSPS) is 10.8. The van der Waals surface area contributed by atoms with Crippen molar-refractivity contribution >= 4 is 34.3 Å². The fraction of sp³-hybridized carbons (Fsp3) is 0.0435. The number of nitrogens with one attached hydrogen (secondary N) is 2. The third kappa shape index (κ3) is 3.88. The van der Waals surface area contributed by atoms with E-state index < -0.39 is 5.56 Å². The van der Waals surface area contributed by atoms with Gasteiger partial charge in [0.2, 0.25) is 0 Å². The lowest BCUT2D eigenvalue weighted by atomic mass is 10.1. The number of pyridine rings is 1. The molecule has 6 heteroatoms. The summed E-state index contributed by atoms with van der Waals surface area (Å²) in [5.41, 5.74) is 2.07. The number of fused-ring (bicyclic) bond motifs is 1. The predicted octanol–water partition coefficient (Wildman–Crippen LogP) is 4.95. The van der Waals surface area contributed by atoms with E-state index in [-0.39, 0.29) is 16.6 Å². The highest BCUT2D eigenvalue weighted by Crippen LogP contribution is 2.35. The number of aryl methyl sites for hydroxylation is 1. The van der Waals surface area contributed by atoms with Gasteiger partial charge in [-0.05, 0) is 48.9 Å². The molecule has 3 aromatic carbocycles. The molecule has 0 fully saturated rings. The third-order valence-corrected chi connectivity index (χ3v) is 5.65. The molecule has 144 valence electrons. The monoisotopic (exact) mass is 402 g/mol. The van der Waals surface area contributed by atoms with E-state index in [4.69, 9.17) is 0 Å². The van der Waals surface area contributed by atoms with Gasteiger partial charge in [0, 0.05) is 21.5 Å². The number of hydrogen-bond acceptors (Lipinski definition) is 4. The van der Waals surface area contributed by atoms with Crippen LogP contribution in [0.3, 0.4) is 0 Å². The van der Waals surface area contributed by atoms with Gasteiger partial charge in [-0.15, -0.1) is 0 Å². The van der Waals surface area contributed by atoms with E-state index in [1.807, 2.05) is 61.5 Å². The second-order valence-electron chi connectivity index (χ2n) is 6.58. The van der Waals surface area contributed by atoms with Crippen molar-refractivity contribution in [2.24, 2.45) is 0 Å². The lowest BCUT2D eigenvalue weighted by Gasteiger charge is -2.10. The Morgan fingerprint density at radius 3 is 2.48 bits per heavy atom. The second-order valence-corrected chi connectivity index (χ2v) is 7.66. The van der Waals surface area contributed by atoms with Crippen LogP contribution < -0.4 is 10.9 Å². The molecule has 4 aromatic rings. The van der Waals surface area contributed by atoms with Gasteiger partial charge >= 0.3 is 0 Å². The lowest BCUT2D eigenvalue weighted by molar-refractivity contribution is 0.102. The average Bonchev–Trinajstić information content (AvgIpc) is 2.73. The zero-order valence-electron chi connectivity index (χ0n) is 15.6. The number of para-hydroxylation sites is 1. The molecule has 0 atom stereocenters. The Kier molecular flexibility index (Phi) is 5.10. The first-order valence-electron chi connectivity index (χ1n) is 9.02. The number of rotatable bonds is 4. The number of aromatic hydroxyl groups is 1. The van der Waals surface area contributed by atoms with Gasteiger partial charge in [0.05, 0.1) is 5.52 Å². The summed E-state index contributed by atoms with van der Waals surface area (Å²) in [7, 11) is 0. The molecule has 0 aliphatic rings. The smallest absolute Gasteiger partial charge is 0.266 e. The molecule has 0 aliphatic carbocycles. The molecule has 29 heavy (non-hydrogen) atoms. The molecule has 0 spiro atoms. The lowest BCUT2D eigenvalue weighted by Crippen LogP contribution is -2.13. The molecule has 1 heterocycles. The predicted molar refractivity (Wildman–Crippen MR) is 116 cm³/mol. The highest BCUT2D eigenvalue weighted by molar-refractivity contribution is 7.99. The minimum atomic E-state index is -0.402. The molecule has 1 aromatic heterocycles. The van der Waals surface area contributed by atoms with E-state index in [1.165, 1.54) is 11.8 Å². The van der Waals surface area contributed by atoms with E-state index >= 15 is 0 Å². The maximum atomic E-state index is 12.6. The van der Waals surface area contributed by atoms with Crippen molar-refractivity contribution in [3.63, 3.8) is 0 Å². The van der Waals surface area contributed by atoms with Gasteiger partial charge in [0.25, 0.3) is 11.5 Å². The van der Waals surface area contributed by atoms with Crippen molar-refractivity contribution in [1.29, 1.82) is 0 Å².